The van der Waals surface area contributed by atoms with Crippen LogP contribution in [0.2, 0.25) is 26.2 Å². The van der Waals surface area contributed by atoms with Crippen molar-refractivity contribution in [3.63, 3.8) is 0 Å². The third kappa shape index (κ3) is 5.59. The van der Waals surface area contributed by atoms with Gasteiger partial charge in [0.1, 0.15) is 11.7 Å². The molecule has 1 aliphatic heterocycles. The van der Waals surface area contributed by atoms with E-state index in [1.54, 1.807) is 0 Å². The van der Waals surface area contributed by atoms with Crippen LogP contribution < -0.4 is 0 Å². The molecular formula is C30H58O4Si2. The van der Waals surface area contributed by atoms with Crippen LogP contribution in [-0.4, -0.2) is 47.1 Å². The Morgan fingerprint density at radius 3 is 2.11 bits per heavy atom. The molecule has 2 saturated carbocycles. The lowest BCUT2D eigenvalue weighted by Crippen LogP contribution is -2.44. The lowest BCUT2D eigenvalue weighted by atomic mass is 9.63. The summed E-state index contributed by atoms with van der Waals surface area (Å²) in [6, 6.07) is 0. The van der Waals surface area contributed by atoms with Gasteiger partial charge in [0.2, 0.25) is 9.04 Å². The average molecular weight is 539 g/mol. The number of rotatable bonds is 11. The second-order valence-corrected chi connectivity index (χ2v) is 19.9. The fourth-order valence-corrected chi connectivity index (χ4v) is 9.39. The molecule has 6 heteroatoms. The lowest BCUT2D eigenvalue weighted by molar-refractivity contribution is -0.0173. The first kappa shape index (κ1) is 30.4. The summed E-state index contributed by atoms with van der Waals surface area (Å²) in [4.78, 5) is 0. The molecule has 0 aromatic rings. The lowest BCUT2D eigenvalue weighted by Gasteiger charge is -2.43. The minimum atomic E-state index is -1.34. The van der Waals surface area contributed by atoms with E-state index in [1.165, 1.54) is 31.4 Å². The highest BCUT2D eigenvalue weighted by Gasteiger charge is 2.80. The average Bonchev–Trinajstić information content (AvgIpc) is 3.26. The van der Waals surface area contributed by atoms with E-state index >= 15 is 0 Å². The van der Waals surface area contributed by atoms with Crippen molar-refractivity contribution >= 4 is 18.1 Å². The number of ether oxygens (including phenoxy) is 1. The van der Waals surface area contributed by atoms with Crippen molar-refractivity contribution in [3.05, 3.63) is 11.8 Å². The van der Waals surface area contributed by atoms with Crippen LogP contribution in [0.25, 0.3) is 0 Å². The summed E-state index contributed by atoms with van der Waals surface area (Å²) in [5, 5.41) is 10.4. The second-order valence-electron chi connectivity index (χ2n) is 15.2. The fourth-order valence-electron chi connectivity index (χ4n) is 7.34. The number of aliphatic hydroxyl groups excluding tert-OH is 1. The Morgan fingerprint density at radius 2 is 1.64 bits per heavy atom. The number of hydrogen-bond acceptors (Lipinski definition) is 4. The third-order valence-corrected chi connectivity index (χ3v) is 11.5. The highest BCUT2D eigenvalue weighted by Crippen LogP contribution is 2.70. The molecule has 0 aromatic carbocycles. The zero-order valence-corrected chi connectivity index (χ0v) is 28.0. The molecule has 0 spiro atoms. The minimum absolute atomic E-state index is 0.0286. The Kier molecular flexibility index (Phi) is 8.82. The van der Waals surface area contributed by atoms with Gasteiger partial charge in [-0.3, -0.25) is 0 Å². The molecule has 1 N–H and O–H groups in total. The first-order valence-corrected chi connectivity index (χ1v) is 20.4. The van der Waals surface area contributed by atoms with Crippen molar-refractivity contribution in [1.82, 2.24) is 0 Å². The molecule has 0 bridgehead atoms. The molecule has 4 nitrogen and oxygen atoms in total. The molecule has 1 saturated heterocycles. The van der Waals surface area contributed by atoms with Crippen molar-refractivity contribution in [3.8, 4) is 0 Å². The molecule has 3 aliphatic rings. The highest BCUT2D eigenvalue weighted by molar-refractivity contribution is 6.49. The molecule has 0 radical (unpaired) electrons. The van der Waals surface area contributed by atoms with Crippen LogP contribution in [0.3, 0.4) is 0 Å². The quantitative estimate of drug-likeness (QED) is 0.132. The first-order valence-electron chi connectivity index (χ1n) is 14.8. The molecule has 2 aliphatic carbocycles. The largest absolute Gasteiger partial charge is 0.550 e. The monoisotopic (exact) mass is 538 g/mol. The van der Waals surface area contributed by atoms with Gasteiger partial charge in [0, 0.05) is 11.8 Å². The van der Waals surface area contributed by atoms with Crippen molar-refractivity contribution in [2.24, 2.45) is 34.0 Å². The number of hydrogen-bond donors (Lipinski definition) is 1. The smallest absolute Gasteiger partial charge is 0.229 e. The van der Waals surface area contributed by atoms with Crippen molar-refractivity contribution in [1.29, 1.82) is 0 Å². The number of allylic oxidation sites excluding steroid dienone is 2. The summed E-state index contributed by atoms with van der Waals surface area (Å²) >= 11 is 0. The Morgan fingerprint density at radius 1 is 1.00 bits per heavy atom. The van der Waals surface area contributed by atoms with Gasteiger partial charge < -0.3 is 18.7 Å². The van der Waals surface area contributed by atoms with E-state index < -0.39 is 23.7 Å². The fraction of sp³-hybridized carbons (Fsp3) is 0.933. The summed E-state index contributed by atoms with van der Waals surface area (Å²) in [7, 11) is -2.67. The zero-order valence-electron chi connectivity index (χ0n) is 25.7. The van der Waals surface area contributed by atoms with Crippen LogP contribution >= 0.6 is 0 Å². The molecule has 36 heavy (non-hydrogen) atoms. The Bertz CT molecular complexity index is 798. The second kappa shape index (κ2) is 10.4. The summed E-state index contributed by atoms with van der Waals surface area (Å²) in [6.45, 7) is 28.4. The minimum Gasteiger partial charge on any atom is -0.550 e. The predicted molar refractivity (Wildman–Crippen MR) is 156 cm³/mol. The van der Waals surface area contributed by atoms with E-state index in [2.05, 4.69) is 87.7 Å². The topological polar surface area (TPSA) is 51.2 Å². The van der Waals surface area contributed by atoms with Crippen LogP contribution in [0.5, 0.6) is 0 Å². The van der Waals surface area contributed by atoms with E-state index in [9.17, 15) is 5.11 Å². The number of unbranched alkanes of at least 4 members (excludes halogenated alkanes) is 2. The Balaban J connectivity index is 2.15. The van der Waals surface area contributed by atoms with Crippen LogP contribution in [-0.2, 0) is 13.6 Å². The van der Waals surface area contributed by atoms with Gasteiger partial charge in [-0.05, 0) is 73.7 Å². The van der Waals surface area contributed by atoms with Crippen molar-refractivity contribution in [2.45, 2.75) is 137 Å². The number of fused-ring (bicyclic) bond motifs is 3. The maximum absolute atomic E-state index is 10.4. The van der Waals surface area contributed by atoms with Crippen LogP contribution in [0.4, 0.5) is 0 Å². The number of aliphatic hydroxyl groups is 1. The molecule has 210 valence electrons. The van der Waals surface area contributed by atoms with E-state index in [0.29, 0.717) is 17.8 Å². The Labute approximate surface area is 226 Å². The van der Waals surface area contributed by atoms with Crippen LogP contribution in [0, 0.1) is 34.0 Å². The van der Waals surface area contributed by atoms with Crippen LogP contribution in [0.15, 0.2) is 11.8 Å². The van der Waals surface area contributed by atoms with Crippen molar-refractivity contribution in [2.75, 3.05) is 6.61 Å². The molecular weight excluding hydrogens is 480 g/mol. The predicted octanol–water partition coefficient (Wildman–Crippen LogP) is 7.07. The molecule has 3 fully saturated rings. The molecule has 1 heterocycles. The SMILES string of the molecule is CCCCCC(C)(C=C(O[SiH](C)C)[C@H]1[C@H](C(C)(C)C)C[C@@]2(O[SiH](C)C)C3OC3(CO)C[C@@H]12)C(C)(C)C. The number of epoxide rings is 1. The van der Waals surface area contributed by atoms with Crippen LogP contribution in [0.1, 0.15) is 93.9 Å². The van der Waals surface area contributed by atoms with E-state index in [1.807, 2.05) is 0 Å². The maximum Gasteiger partial charge on any atom is 0.229 e. The van der Waals surface area contributed by atoms with Gasteiger partial charge in [-0.25, -0.2) is 0 Å². The molecule has 7 atom stereocenters. The van der Waals surface area contributed by atoms with Crippen molar-refractivity contribution < 1.29 is 18.7 Å². The molecule has 0 aromatic heterocycles. The zero-order chi connectivity index (χ0) is 27.3. The van der Waals surface area contributed by atoms with Gasteiger partial charge in [-0.15, -0.1) is 0 Å². The van der Waals surface area contributed by atoms with Gasteiger partial charge in [0.15, 0.2) is 9.04 Å². The normalized spacial score (nSPS) is 36.2. The van der Waals surface area contributed by atoms with Gasteiger partial charge in [-0.1, -0.05) is 74.7 Å². The molecule has 3 unspecified atom stereocenters. The Hall–Kier alpha value is -0.146. The standard InChI is InChI=1S/C30H58O4Si2/c1-13-14-15-16-28(8,27(5,6)7)19-23(33-35(9)10)24-21(26(2,3)4)18-30(34-36(11)12)22(24)17-29(20-31)25(30)32-29/h19,21-22,24-25,31,35-36H,13-18,20H2,1-12H3/t21-,22+,24+,25?,28?,29?,30+/m1/s1. The molecule has 0 amide bonds. The van der Waals surface area contributed by atoms with E-state index in [4.69, 9.17) is 13.6 Å². The summed E-state index contributed by atoms with van der Waals surface area (Å²) in [6.07, 6.45) is 9.45. The van der Waals surface area contributed by atoms with E-state index in [-0.39, 0.29) is 34.6 Å². The maximum atomic E-state index is 10.4. The molecule has 3 rings (SSSR count). The summed E-state index contributed by atoms with van der Waals surface area (Å²) < 4.78 is 20.3. The van der Waals surface area contributed by atoms with Gasteiger partial charge in [0.25, 0.3) is 0 Å². The first-order chi connectivity index (χ1) is 16.5. The highest BCUT2D eigenvalue weighted by atomic mass is 28.3. The van der Waals surface area contributed by atoms with Gasteiger partial charge in [-0.2, -0.15) is 0 Å². The van der Waals surface area contributed by atoms with Gasteiger partial charge in [0.05, 0.1) is 18.0 Å². The van der Waals surface area contributed by atoms with Gasteiger partial charge >= 0.3 is 0 Å². The third-order valence-electron chi connectivity index (χ3n) is 9.83. The van der Waals surface area contributed by atoms with E-state index in [0.717, 1.165) is 12.8 Å². The summed E-state index contributed by atoms with van der Waals surface area (Å²) in [5.74, 6) is 2.33. The summed E-state index contributed by atoms with van der Waals surface area (Å²) in [5.41, 5.74) is -0.372.